The van der Waals surface area contributed by atoms with E-state index >= 15 is 0 Å². The zero-order valence-electron chi connectivity index (χ0n) is 9.60. The van der Waals surface area contributed by atoms with Gasteiger partial charge in [0.05, 0.1) is 5.69 Å². The Morgan fingerprint density at radius 3 is 3.19 bits per heavy atom. The topological polar surface area (TPSA) is 51.5 Å². The van der Waals surface area contributed by atoms with E-state index in [-0.39, 0.29) is 0 Å². The Morgan fingerprint density at radius 2 is 2.38 bits per heavy atom. The van der Waals surface area contributed by atoms with Gasteiger partial charge < -0.3 is 10.1 Å². The van der Waals surface area contributed by atoms with E-state index in [2.05, 4.69) is 22.3 Å². The molecule has 0 saturated heterocycles. The third-order valence-corrected chi connectivity index (χ3v) is 2.24. The summed E-state index contributed by atoms with van der Waals surface area (Å²) < 4.78 is 7.38. The van der Waals surface area contributed by atoms with E-state index < -0.39 is 0 Å². The lowest BCUT2D eigenvalue weighted by Gasteiger charge is -2.06. The number of aromatic nitrogens is 3. The van der Waals surface area contributed by atoms with Crippen LogP contribution in [0.4, 0.5) is 0 Å². The van der Waals surface area contributed by atoms with Gasteiger partial charge in [0.1, 0.15) is 12.1 Å². The van der Waals surface area contributed by atoms with Crippen LogP contribution in [0.25, 0.3) is 5.52 Å². The summed E-state index contributed by atoms with van der Waals surface area (Å²) in [5.74, 6) is 0.640. The first-order valence-electron chi connectivity index (χ1n) is 5.45. The van der Waals surface area contributed by atoms with Crippen LogP contribution in [-0.2, 0) is 0 Å². The molecule has 0 radical (unpaired) electrons. The van der Waals surface area contributed by atoms with Gasteiger partial charge in [-0.1, -0.05) is 6.92 Å². The highest BCUT2D eigenvalue weighted by Gasteiger charge is 2.05. The van der Waals surface area contributed by atoms with Gasteiger partial charge in [0.15, 0.2) is 0 Å². The second-order valence-electron chi connectivity index (χ2n) is 3.55. The van der Waals surface area contributed by atoms with Gasteiger partial charge in [-0.15, -0.1) is 0 Å². The summed E-state index contributed by atoms with van der Waals surface area (Å²) in [5, 5.41) is 7.50. The molecule has 5 nitrogen and oxygen atoms in total. The van der Waals surface area contributed by atoms with Crippen LogP contribution in [0.3, 0.4) is 0 Å². The molecule has 0 aliphatic rings. The van der Waals surface area contributed by atoms with Gasteiger partial charge in [-0.2, -0.15) is 5.10 Å². The minimum absolute atomic E-state index is 0.616. The standard InChI is InChI=1S/C11H16N4O/c1-3-12-5-7-16-11-10-8-9(2)14-15(10)6-4-13-11/h4,6,8,12H,3,5,7H2,1-2H3. The lowest BCUT2D eigenvalue weighted by molar-refractivity contribution is 0.306. The van der Waals surface area contributed by atoms with Gasteiger partial charge in [0.2, 0.25) is 5.88 Å². The summed E-state index contributed by atoms with van der Waals surface area (Å²) in [6, 6.07) is 1.97. The summed E-state index contributed by atoms with van der Waals surface area (Å²) >= 11 is 0. The number of nitrogens with zero attached hydrogens (tertiary/aromatic N) is 3. The Hall–Kier alpha value is -1.62. The molecule has 0 aromatic carbocycles. The third-order valence-electron chi connectivity index (χ3n) is 2.24. The average molecular weight is 220 g/mol. The highest BCUT2D eigenvalue weighted by atomic mass is 16.5. The SMILES string of the molecule is CCNCCOc1nccn2nc(C)cc12. The van der Waals surface area contributed by atoms with Crippen LogP contribution in [0.2, 0.25) is 0 Å². The summed E-state index contributed by atoms with van der Waals surface area (Å²) in [6.45, 7) is 6.42. The Bertz CT molecular complexity index is 466. The molecule has 5 heteroatoms. The van der Waals surface area contributed by atoms with Gasteiger partial charge >= 0.3 is 0 Å². The lowest BCUT2D eigenvalue weighted by atomic mass is 10.4. The van der Waals surface area contributed by atoms with Crippen molar-refractivity contribution in [2.24, 2.45) is 0 Å². The van der Waals surface area contributed by atoms with Crippen LogP contribution in [-0.4, -0.2) is 34.3 Å². The van der Waals surface area contributed by atoms with E-state index in [1.54, 1.807) is 10.7 Å². The molecule has 86 valence electrons. The molecule has 2 rings (SSSR count). The Kier molecular flexibility index (Phi) is 3.36. The molecule has 0 saturated carbocycles. The van der Waals surface area contributed by atoms with Gasteiger partial charge in [-0.25, -0.2) is 9.50 Å². The largest absolute Gasteiger partial charge is 0.475 e. The first kappa shape index (κ1) is 10.9. The monoisotopic (exact) mass is 220 g/mol. The molecule has 0 aliphatic carbocycles. The number of aryl methyl sites for hydroxylation is 1. The zero-order valence-corrected chi connectivity index (χ0v) is 9.60. The molecular weight excluding hydrogens is 204 g/mol. The van der Waals surface area contributed by atoms with Crippen LogP contribution >= 0.6 is 0 Å². The predicted molar refractivity (Wildman–Crippen MR) is 61.8 cm³/mol. The molecule has 2 aromatic heterocycles. The maximum atomic E-state index is 5.60. The minimum atomic E-state index is 0.616. The van der Waals surface area contributed by atoms with Crippen LogP contribution in [0.15, 0.2) is 18.5 Å². The molecule has 1 N–H and O–H groups in total. The molecule has 0 spiro atoms. The predicted octanol–water partition coefficient (Wildman–Crippen LogP) is 1.03. The van der Waals surface area contributed by atoms with Gasteiger partial charge in [0.25, 0.3) is 0 Å². The Balaban J connectivity index is 2.11. The zero-order chi connectivity index (χ0) is 11.4. The normalized spacial score (nSPS) is 10.9. The number of fused-ring (bicyclic) bond motifs is 1. The highest BCUT2D eigenvalue weighted by molar-refractivity contribution is 5.56. The molecule has 2 heterocycles. The number of rotatable bonds is 5. The smallest absolute Gasteiger partial charge is 0.240 e. The second-order valence-corrected chi connectivity index (χ2v) is 3.55. The first-order chi connectivity index (χ1) is 7.81. The van der Waals surface area contributed by atoms with Crippen molar-refractivity contribution in [2.75, 3.05) is 19.7 Å². The van der Waals surface area contributed by atoms with Crippen LogP contribution in [0.1, 0.15) is 12.6 Å². The fraction of sp³-hybridized carbons (Fsp3) is 0.455. The fourth-order valence-corrected chi connectivity index (χ4v) is 1.53. The molecule has 0 bridgehead atoms. The van der Waals surface area contributed by atoms with E-state index in [0.29, 0.717) is 12.5 Å². The average Bonchev–Trinajstić information content (AvgIpc) is 2.65. The number of hydrogen-bond donors (Lipinski definition) is 1. The summed E-state index contributed by atoms with van der Waals surface area (Å²) in [7, 11) is 0. The molecular formula is C11H16N4O. The molecule has 16 heavy (non-hydrogen) atoms. The fourth-order valence-electron chi connectivity index (χ4n) is 1.53. The van der Waals surface area contributed by atoms with Crippen molar-refractivity contribution < 1.29 is 4.74 Å². The quantitative estimate of drug-likeness (QED) is 0.764. The molecule has 0 fully saturated rings. The highest BCUT2D eigenvalue weighted by Crippen LogP contribution is 2.16. The van der Waals surface area contributed by atoms with Gasteiger partial charge in [-0.3, -0.25) is 0 Å². The van der Waals surface area contributed by atoms with Gasteiger partial charge in [0, 0.05) is 18.9 Å². The van der Waals surface area contributed by atoms with E-state index in [1.807, 2.05) is 19.2 Å². The lowest BCUT2D eigenvalue weighted by Crippen LogP contribution is -2.20. The number of ether oxygens (including phenoxy) is 1. The van der Waals surface area contributed by atoms with Crippen molar-refractivity contribution >= 4 is 5.52 Å². The molecule has 2 aromatic rings. The summed E-state index contributed by atoms with van der Waals surface area (Å²) in [6.07, 6.45) is 3.52. The van der Waals surface area contributed by atoms with Crippen molar-refractivity contribution in [1.82, 2.24) is 19.9 Å². The van der Waals surface area contributed by atoms with Crippen molar-refractivity contribution in [3.63, 3.8) is 0 Å². The summed E-state index contributed by atoms with van der Waals surface area (Å²) in [4.78, 5) is 4.21. The van der Waals surface area contributed by atoms with Crippen molar-refractivity contribution in [2.45, 2.75) is 13.8 Å². The van der Waals surface area contributed by atoms with Crippen LogP contribution in [0, 0.1) is 6.92 Å². The van der Waals surface area contributed by atoms with E-state index in [9.17, 15) is 0 Å². The number of hydrogen-bond acceptors (Lipinski definition) is 4. The van der Waals surface area contributed by atoms with Crippen molar-refractivity contribution in [3.05, 3.63) is 24.2 Å². The molecule has 0 unspecified atom stereocenters. The Labute approximate surface area is 94.4 Å². The van der Waals surface area contributed by atoms with Crippen molar-refractivity contribution in [3.8, 4) is 5.88 Å². The maximum Gasteiger partial charge on any atom is 0.240 e. The molecule has 0 amide bonds. The van der Waals surface area contributed by atoms with Crippen LogP contribution < -0.4 is 10.1 Å². The Morgan fingerprint density at radius 1 is 1.50 bits per heavy atom. The minimum Gasteiger partial charge on any atom is -0.475 e. The van der Waals surface area contributed by atoms with Gasteiger partial charge in [-0.05, 0) is 19.5 Å². The van der Waals surface area contributed by atoms with E-state index in [0.717, 1.165) is 24.3 Å². The number of likely N-dealkylation sites (N-methyl/N-ethyl adjacent to an activating group) is 1. The summed E-state index contributed by atoms with van der Waals surface area (Å²) in [5.41, 5.74) is 1.88. The van der Waals surface area contributed by atoms with E-state index in [1.165, 1.54) is 0 Å². The molecule has 0 atom stereocenters. The third kappa shape index (κ3) is 2.30. The van der Waals surface area contributed by atoms with Crippen molar-refractivity contribution in [1.29, 1.82) is 0 Å². The second kappa shape index (κ2) is 4.94. The van der Waals surface area contributed by atoms with E-state index in [4.69, 9.17) is 4.74 Å². The molecule has 0 aliphatic heterocycles. The van der Waals surface area contributed by atoms with Crippen LogP contribution in [0.5, 0.6) is 5.88 Å². The maximum absolute atomic E-state index is 5.60. The number of nitrogens with one attached hydrogen (secondary N) is 1. The first-order valence-corrected chi connectivity index (χ1v) is 5.45.